The highest BCUT2D eigenvalue weighted by atomic mass is 35.5. The van der Waals surface area contributed by atoms with Crippen molar-refractivity contribution in [3.8, 4) is 17.1 Å². The summed E-state index contributed by atoms with van der Waals surface area (Å²) in [5, 5.41) is 8.05. The Kier molecular flexibility index (Phi) is 4.97. The minimum Gasteiger partial charge on any atom is -0.321 e. The molecule has 0 unspecified atom stereocenters. The maximum atomic E-state index is 12.9. The molecule has 0 saturated carbocycles. The zero-order valence-corrected chi connectivity index (χ0v) is 18.0. The van der Waals surface area contributed by atoms with Crippen LogP contribution in [0.2, 0.25) is 5.02 Å². The number of hydrogen-bond acceptors (Lipinski definition) is 5. The van der Waals surface area contributed by atoms with Crippen LogP contribution < -0.4 is 5.32 Å². The third-order valence-electron chi connectivity index (χ3n) is 4.76. The van der Waals surface area contributed by atoms with Crippen molar-refractivity contribution in [1.82, 2.24) is 19.7 Å². The molecule has 3 heterocycles. The number of rotatable bonds is 4. The van der Waals surface area contributed by atoms with Gasteiger partial charge in [0, 0.05) is 22.0 Å². The van der Waals surface area contributed by atoms with Crippen molar-refractivity contribution in [3.05, 3.63) is 88.7 Å². The summed E-state index contributed by atoms with van der Waals surface area (Å²) in [6.45, 7) is 1.92. The van der Waals surface area contributed by atoms with Crippen molar-refractivity contribution < 1.29 is 4.79 Å². The molecular weight excluding hydrogens is 430 g/mol. The van der Waals surface area contributed by atoms with E-state index in [-0.39, 0.29) is 11.6 Å². The molecule has 6 nitrogen and oxygen atoms in total. The number of nitrogens with zero attached hydrogens (tertiary/aromatic N) is 4. The van der Waals surface area contributed by atoms with Crippen LogP contribution in [0.25, 0.3) is 27.3 Å². The first kappa shape index (κ1) is 19.4. The molecule has 5 rings (SSSR count). The van der Waals surface area contributed by atoms with Gasteiger partial charge < -0.3 is 5.32 Å². The predicted molar refractivity (Wildman–Crippen MR) is 124 cm³/mol. The lowest BCUT2D eigenvalue weighted by molar-refractivity contribution is 0.102. The summed E-state index contributed by atoms with van der Waals surface area (Å²) >= 11 is 7.50. The van der Waals surface area contributed by atoms with E-state index in [1.165, 1.54) is 0 Å². The van der Waals surface area contributed by atoms with Gasteiger partial charge in [-0.05, 0) is 61.5 Å². The topological polar surface area (TPSA) is 72.7 Å². The number of carbonyl (C=O) groups is 1. The van der Waals surface area contributed by atoms with Crippen molar-refractivity contribution in [1.29, 1.82) is 0 Å². The summed E-state index contributed by atoms with van der Waals surface area (Å²) in [6.07, 6.45) is 0. The molecule has 0 aliphatic carbocycles. The van der Waals surface area contributed by atoms with Gasteiger partial charge in [0.25, 0.3) is 5.91 Å². The summed E-state index contributed by atoms with van der Waals surface area (Å²) in [5.41, 5.74) is 6.26. The summed E-state index contributed by atoms with van der Waals surface area (Å²) in [7, 11) is 0. The van der Waals surface area contributed by atoms with Gasteiger partial charge in [-0.2, -0.15) is 5.10 Å². The van der Waals surface area contributed by atoms with Gasteiger partial charge in [-0.3, -0.25) is 4.79 Å². The average molecular weight is 446 g/mol. The second kappa shape index (κ2) is 7.94. The quantitative estimate of drug-likeness (QED) is 0.381. The third-order valence-corrected chi connectivity index (χ3v) is 5.81. The van der Waals surface area contributed by atoms with Gasteiger partial charge >= 0.3 is 0 Å². The second-order valence-corrected chi connectivity index (χ2v) is 8.28. The van der Waals surface area contributed by atoms with E-state index in [0.717, 1.165) is 27.2 Å². The zero-order valence-electron chi connectivity index (χ0n) is 16.4. The first-order valence-electron chi connectivity index (χ1n) is 9.51. The van der Waals surface area contributed by atoms with Gasteiger partial charge in [0.1, 0.15) is 0 Å². The standard InChI is InChI=1S/C23H16ClN5OS/c1-14-3-2-4-22(26-14)29-20(15-5-10-18-21(11-15)31-13-25-18)12-19(28-29)23(30)27-17-8-6-16(24)7-9-17/h2-13H,1H3,(H,27,30). The number of thiazole rings is 1. The fourth-order valence-corrected chi connectivity index (χ4v) is 4.10. The molecule has 1 amide bonds. The molecule has 152 valence electrons. The Morgan fingerprint density at radius 3 is 2.71 bits per heavy atom. The van der Waals surface area contributed by atoms with E-state index in [2.05, 4.69) is 26.4 Å². The Bertz CT molecular complexity index is 1410. The summed E-state index contributed by atoms with van der Waals surface area (Å²) in [5.74, 6) is 0.332. The molecule has 0 aliphatic rings. The van der Waals surface area contributed by atoms with E-state index < -0.39 is 0 Å². The number of hydrogen-bond donors (Lipinski definition) is 1. The van der Waals surface area contributed by atoms with E-state index in [9.17, 15) is 4.79 Å². The smallest absolute Gasteiger partial charge is 0.276 e. The number of halogens is 1. The number of pyridine rings is 1. The molecule has 8 heteroatoms. The van der Waals surface area contributed by atoms with Gasteiger partial charge in [-0.1, -0.05) is 23.7 Å². The highest BCUT2D eigenvalue weighted by molar-refractivity contribution is 7.16. The fraction of sp³-hybridized carbons (Fsp3) is 0.0435. The molecule has 0 aliphatic heterocycles. The van der Waals surface area contributed by atoms with Crippen LogP contribution in [0.1, 0.15) is 16.2 Å². The predicted octanol–water partition coefficient (Wildman–Crippen LogP) is 5.76. The van der Waals surface area contributed by atoms with Crippen LogP contribution >= 0.6 is 22.9 Å². The van der Waals surface area contributed by atoms with Crippen molar-refractivity contribution >= 4 is 44.7 Å². The van der Waals surface area contributed by atoms with Crippen LogP contribution in [-0.2, 0) is 0 Å². The number of amides is 1. The number of anilines is 1. The molecule has 1 N–H and O–H groups in total. The van der Waals surface area contributed by atoms with Gasteiger partial charge in [0.2, 0.25) is 0 Å². The Labute approximate surface area is 187 Å². The van der Waals surface area contributed by atoms with Gasteiger partial charge in [0.05, 0.1) is 21.4 Å². The number of carbonyl (C=O) groups excluding carboxylic acids is 1. The SMILES string of the molecule is Cc1cccc(-n2nc(C(=O)Nc3ccc(Cl)cc3)cc2-c2ccc3ncsc3c2)n1. The molecule has 0 saturated heterocycles. The van der Waals surface area contributed by atoms with E-state index >= 15 is 0 Å². The molecule has 0 bridgehead atoms. The van der Waals surface area contributed by atoms with Crippen LogP contribution in [0.15, 0.2) is 72.2 Å². The highest BCUT2D eigenvalue weighted by Crippen LogP contribution is 2.29. The Balaban J connectivity index is 1.59. The molecule has 3 aromatic heterocycles. The van der Waals surface area contributed by atoms with Crippen LogP contribution in [0, 0.1) is 6.92 Å². The Morgan fingerprint density at radius 1 is 1.06 bits per heavy atom. The Hall–Kier alpha value is -3.55. The van der Waals surface area contributed by atoms with Gasteiger partial charge in [-0.25, -0.2) is 14.6 Å². The van der Waals surface area contributed by atoms with E-state index in [4.69, 9.17) is 11.6 Å². The number of benzene rings is 2. The monoisotopic (exact) mass is 445 g/mol. The van der Waals surface area contributed by atoms with Crippen LogP contribution in [0.3, 0.4) is 0 Å². The third kappa shape index (κ3) is 3.93. The lowest BCUT2D eigenvalue weighted by atomic mass is 10.1. The number of fused-ring (bicyclic) bond motifs is 1. The molecule has 0 radical (unpaired) electrons. The first-order valence-corrected chi connectivity index (χ1v) is 10.8. The van der Waals surface area contributed by atoms with Gasteiger partial charge in [0.15, 0.2) is 11.5 Å². The van der Waals surface area contributed by atoms with E-state index in [1.807, 2.05) is 42.8 Å². The summed E-state index contributed by atoms with van der Waals surface area (Å²) < 4.78 is 2.76. The average Bonchev–Trinajstić information content (AvgIpc) is 3.42. The number of nitrogens with one attached hydrogen (secondary N) is 1. The maximum absolute atomic E-state index is 12.9. The highest BCUT2D eigenvalue weighted by Gasteiger charge is 2.18. The van der Waals surface area contributed by atoms with Crippen LogP contribution in [0.4, 0.5) is 5.69 Å². The molecular formula is C23H16ClN5OS. The fourth-order valence-electron chi connectivity index (χ4n) is 3.26. The molecule has 2 aromatic carbocycles. The summed E-state index contributed by atoms with van der Waals surface area (Å²) in [6, 6.07) is 20.4. The van der Waals surface area contributed by atoms with Crippen LogP contribution in [-0.4, -0.2) is 25.7 Å². The van der Waals surface area contributed by atoms with E-state index in [1.54, 1.807) is 46.4 Å². The molecule has 0 spiro atoms. The molecule has 5 aromatic rings. The normalized spacial score (nSPS) is 11.0. The lowest BCUT2D eigenvalue weighted by Gasteiger charge is -2.07. The summed E-state index contributed by atoms with van der Waals surface area (Å²) in [4.78, 5) is 21.9. The number of aromatic nitrogens is 4. The van der Waals surface area contributed by atoms with E-state index in [0.29, 0.717) is 16.5 Å². The molecule has 31 heavy (non-hydrogen) atoms. The van der Waals surface area contributed by atoms with Crippen molar-refractivity contribution in [3.63, 3.8) is 0 Å². The first-order chi connectivity index (χ1) is 15.1. The zero-order chi connectivity index (χ0) is 21.4. The van der Waals surface area contributed by atoms with Crippen molar-refractivity contribution in [2.75, 3.05) is 5.32 Å². The van der Waals surface area contributed by atoms with Crippen LogP contribution in [0.5, 0.6) is 0 Å². The molecule has 0 atom stereocenters. The van der Waals surface area contributed by atoms with Gasteiger partial charge in [-0.15, -0.1) is 11.3 Å². The maximum Gasteiger partial charge on any atom is 0.276 e. The Morgan fingerprint density at radius 2 is 1.90 bits per heavy atom. The second-order valence-electron chi connectivity index (χ2n) is 6.96. The minimum absolute atomic E-state index is 0.289. The van der Waals surface area contributed by atoms with Crippen molar-refractivity contribution in [2.45, 2.75) is 6.92 Å². The molecule has 0 fully saturated rings. The van der Waals surface area contributed by atoms with Crippen molar-refractivity contribution in [2.24, 2.45) is 0 Å². The number of aryl methyl sites for hydroxylation is 1. The lowest BCUT2D eigenvalue weighted by Crippen LogP contribution is -2.13. The largest absolute Gasteiger partial charge is 0.321 e. The minimum atomic E-state index is -0.311.